The Labute approximate surface area is 117 Å². The predicted molar refractivity (Wildman–Crippen MR) is 75.6 cm³/mol. The zero-order valence-electron chi connectivity index (χ0n) is 9.92. The summed E-state index contributed by atoms with van der Waals surface area (Å²) < 4.78 is 0. The van der Waals surface area contributed by atoms with Crippen LogP contribution in [-0.2, 0) is 0 Å². The molecule has 0 atom stereocenters. The van der Waals surface area contributed by atoms with E-state index in [9.17, 15) is 0 Å². The summed E-state index contributed by atoms with van der Waals surface area (Å²) in [5.74, 6) is 0.647. The Bertz CT molecular complexity index is 479. The van der Waals surface area contributed by atoms with Crippen LogP contribution in [0.25, 0.3) is 0 Å². The van der Waals surface area contributed by atoms with Crippen molar-refractivity contribution in [2.45, 2.75) is 12.8 Å². The highest BCUT2D eigenvalue weighted by Crippen LogP contribution is 2.30. The number of benzene rings is 1. The molecule has 18 heavy (non-hydrogen) atoms. The minimum absolute atomic E-state index is 0.622. The number of piperidine rings is 1. The molecule has 0 amide bonds. The van der Waals surface area contributed by atoms with Crippen LogP contribution in [0.15, 0.2) is 30.1 Å². The maximum atomic E-state index is 6.11. The smallest absolute Gasteiger partial charge is 0.0727 e. The van der Waals surface area contributed by atoms with Gasteiger partial charge in [-0.15, -0.1) is 0 Å². The van der Waals surface area contributed by atoms with Gasteiger partial charge < -0.3 is 10.3 Å². The Morgan fingerprint density at radius 1 is 1.11 bits per heavy atom. The van der Waals surface area contributed by atoms with Crippen molar-refractivity contribution < 1.29 is 0 Å². The Hall–Kier alpha value is -1.06. The molecular formula is C13H15Cl2N3. The van der Waals surface area contributed by atoms with Crippen LogP contribution in [0.1, 0.15) is 12.8 Å². The number of nitrogens with one attached hydrogen (secondary N) is 2. The summed E-state index contributed by atoms with van der Waals surface area (Å²) >= 11 is 12.0. The van der Waals surface area contributed by atoms with Gasteiger partial charge in [-0.2, -0.15) is 0 Å². The van der Waals surface area contributed by atoms with Gasteiger partial charge >= 0.3 is 0 Å². The molecule has 0 saturated carbocycles. The molecule has 0 unspecified atom stereocenters. The fourth-order valence-electron chi connectivity index (χ4n) is 2.51. The van der Waals surface area contributed by atoms with Gasteiger partial charge in [0.05, 0.1) is 16.4 Å². The van der Waals surface area contributed by atoms with E-state index in [-0.39, 0.29) is 0 Å². The zero-order valence-corrected chi connectivity index (χ0v) is 11.4. The first-order valence-electron chi connectivity index (χ1n) is 6.15. The first-order chi connectivity index (χ1) is 8.72. The van der Waals surface area contributed by atoms with Gasteiger partial charge in [0.1, 0.15) is 0 Å². The van der Waals surface area contributed by atoms with E-state index in [2.05, 4.69) is 22.0 Å². The van der Waals surface area contributed by atoms with Gasteiger partial charge in [-0.05, 0) is 31.0 Å². The Balaban J connectivity index is 1.68. The fraction of sp³-hybridized carbons (Fsp3) is 0.385. The highest BCUT2D eigenvalue weighted by Gasteiger charge is 2.26. The second-order valence-electron chi connectivity index (χ2n) is 4.77. The molecule has 2 bridgehead atoms. The SMILES string of the molecule is Clc1ccc(NNC2=CN3CCC2CC3)c(Cl)c1. The maximum absolute atomic E-state index is 6.11. The highest BCUT2D eigenvalue weighted by molar-refractivity contribution is 6.36. The molecular weight excluding hydrogens is 269 g/mol. The average molecular weight is 284 g/mol. The largest absolute Gasteiger partial charge is 0.376 e. The molecule has 0 spiro atoms. The second-order valence-corrected chi connectivity index (χ2v) is 5.61. The summed E-state index contributed by atoms with van der Waals surface area (Å²) in [7, 11) is 0. The summed E-state index contributed by atoms with van der Waals surface area (Å²) in [4.78, 5) is 2.35. The molecule has 3 nitrogen and oxygen atoms in total. The standard InChI is InChI=1S/C13H15Cl2N3/c14-10-1-2-12(11(15)7-10)16-17-13-8-18-5-3-9(13)4-6-18/h1-2,7-9,16-17H,3-6H2. The average Bonchev–Trinajstić information content (AvgIpc) is 2.39. The van der Waals surface area contributed by atoms with Crippen molar-refractivity contribution in [3.05, 3.63) is 40.1 Å². The number of rotatable bonds is 3. The molecule has 1 aromatic carbocycles. The van der Waals surface area contributed by atoms with Gasteiger partial charge in [0, 0.05) is 30.2 Å². The van der Waals surface area contributed by atoms with Crippen molar-refractivity contribution >= 4 is 28.9 Å². The lowest BCUT2D eigenvalue weighted by molar-refractivity contribution is 0.223. The first-order valence-corrected chi connectivity index (χ1v) is 6.91. The summed E-state index contributed by atoms with van der Waals surface area (Å²) in [6.07, 6.45) is 4.66. The van der Waals surface area contributed by atoms with E-state index >= 15 is 0 Å². The van der Waals surface area contributed by atoms with Crippen LogP contribution in [0.2, 0.25) is 10.0 Å². The van der Waals surface area contributed by atoms with Crippen LogP contribution in [0.5, 0.6) is 0 Å². The van der Waals surface area contributed by atoms with Crippen molar-refractivity contribution in [3.63, 3.8) is 0 Å². The van der Waals surface area contributed by atoms with Crippen molar-refractivity contribution in [2.75, 3.05) is 18.5 Å². The van der Waals surface area contributed by atoms with E-state index in [0.29, 0.717) is 16.0 Å². The molecule has 3 heterocycles. The number of fused-ring (bicyclic) bond motifs is 2. The number of hydrogen-bond acceptors (Lipinski definition) is 3. The van der Waals surface area contributed by atoms with E-state index in [4.69, 9.17) is 23.2 Å². The molecule has 96 valence electrons. The number of halogens is 2. The van der Waals surface area contributed by atoms with Crippen LogP contribution < -0.4 is 10.9 Å². The molecule has 5 heteroatoms. The molecule has 0 aromatic heterocycles. The molecule has 3 aliphatic rings. The topological polar surface area (TPSA) is 27.3 Å². The number of allylic oxidation sites excluding steroid dienone is 1. The highest BCUT2D eigenvalue weighted by atomic mass is 35.5. The van der Waals surface area contributed by atoms with Crippen molar-refractivity contribution in [1.82, 2.24) is 10.3 Å². The van der Waals surface area contributed by atoms with E-state index < -0.39 is 0 Å². The third-order valence-corrected chi connectivity index (χ3v) is 4.11. The fourth-order valence-corrected chi connectivity index (χ4v) is 2.96. The summed E-state index contributed by atoms with van der Waals surface area (Å²) in [6, 6.07) is 5.43. The van der Waals surface area contributed by atoms with E-state index in [1.165, 1.54) is 31.6 Å². The molecule has 0 radical (unpaired) electrons. The number of nitrogens with zero attached hydrogens (tertiary/aromatic N) is 1. The molecule has 2 N–H and O–H groups in total. The monoisotopic (exact) mass is 283 g/mol. The van der Waals surface area contributed by atoms with Crippen LogP contribution >= 0.6 is 23.2 Å². The van der Waals surface area contributed by atoms with Crippen molar-refractivity contribution in [1.29, 1.82) is 0 Å². The number of hydrazine groups is 1. The summed E-state index contributed by atoms with van der Waals surface area (Å²) in [5.41, 5.74) is 8.53. The first kappa shape index (κ1) is 12.0. The van der Waals surface area contributed by atoms with Gasteiger partial charge in [-0.25, -0.2) is 0 Å². The Kier molecular flexibility index (Phi) is 3.27. The van der Waals surface area contributed by atoms with Crippen LogP contribution in [-0.4, -0.2) is 18.0 Å². The minimum atomic E-state index is 0.622. The van der Waals surface area contributed by atoms with Gasteiger partial charge in [0.25, 0.3) is 0 Å². The van der Waals surface area contributed by atoms with Crippen LogP contribution in [0.3, 0.4) is 0 Å². The zero-order chi connectivity index (χ0) is 12.5. The van der Waals surface area contributed by atoms with Crippen LogP contribution in [0.4, 0.5) is 5.69 Å². The predicted octanol–water partition coefficient (Wildman–Crippen LogP) is 3.48. The van der Waals surface area contributed by atoms with Gasteiger partial charge in [-0.3, -0.25) is 5.43 Å². The quantitative estimate of drug-likeness (QED) is 0.832. The normalized spacial score (nSPS) is 18.8. The minimum Gasteiger partial charge on any atom is -0.376 e. The third kappa shape index (κ3) is 2.38. The van der Waals surface area contributed by atoms with Crippen molar-refractivity contribution in [3.8, 4) is 0 Å². The molecule has 1 fully saturated rings. The van der Waals surface area contributed by atoms with Gasteiger partial charge in [-0.1, -0.05) is 23.2 Å². The van der Waals surface area contributed by atoms with Gasteiger partial charge in [0.2, 0.25) is 0 Å². The number of hydrogen-bond donors (Lipinski definition) is 2. The number of anilines is 1. The van der Waals surface area contributed by atoms with E-state index in [1.807, 2.05) is 12.1 Å². The Morgan fingerprint density at radius 2 is 1.89 bits per heavy atom. The lowest BCUT2D eigenvalue weighted by atomic mass is 9.90. The lowest BCUT2D eigenvalue weighted by Crippen LogP contribution is -2.41. The van der Waals surface area contributed by atoms with Crippen molar-refractivity contribution in [2.24, 2.45) is 5.92 Å². The molecule has 0 aliphatic carbocycles. The summed E-state index contributed by atoms with van der Waals surface area (Å²) in [6.45, 7) is 2.36. The summed E-state index contributed by atoms with van der Waals surface area (Å²) in [5, 5.41) is 1.27. The third-order valence-electron chi connectivity index (χ3n) is 3.56. The molecule has 1 aromatic rings. The molecule has 3 aliphatic heterocycles. The Morgan fingerprint density at radius 3 is 2.50 bits per heavy atom. The van der Waals surface area contributed by atoms with E-state index in [1.54, 1.807) is 6.07 Å². The second kappa shape index (κ2) is 4.90. The lowest BCUT2D eigenvalue weighted by Gasteiger charge is -2.39. The maximum Gasteiger partial charge on any atom is 0.0727 e. The van der Waals surface area contributed by atoms with Gasteiger partial charge in [0.15, 0.2) is 0 Å². The van der Waals surface area contributed by atoms with E-state index in [0.717, 1.165) is 5.69 Å². The van der Waals surface area contributed by atoms with Crippen LogP contribution in [0, 0.1) is 5.92 Å². The molecule has 4 rings (SSSR count). The molecule has 1 saturated heterocycles.